The van der Waals surface area contributed by atoms with E-state index in [1.807, 2.05) is 22.4 Å². The molecule has 0 radical (unpaired) electrons. The van der Waals surface area contributed by atoms with Crippen molar-refractivity contribution in [3.05, 3.63) is 47.9 Å². The normalized spacial score (nSPS) is 19.3. The molecule has 3 heterocycles. The van der Waals surface area contributed by atoms with Gasteiger partial charge in [0.25, 0.3) is 0 Å². The minimum Gasteiger partial charge on any atom is -0.360 e. The summed E-state index contributed by atoms with van der Waals surface area (Å²) in [5.74, 6) is 0.00786. The molecule has 1 saturated carbocycles. The van der Waals surface area contributed by atoms with Gasteiger partial charge in [0.15, 0.2) is 11.4 Å². The Morgan fingerprint density at radius 3 is 2.93 bits per heavy atom. The van der Waals surface area contributed by atoms with Crippen LogP contribution in [0, 0.1) is 0 Å². The molecule has 2 N–H and O–H groups in total. The van der Waals surface area contributed by atoms with Crippen molar-refractivity contribution in [2.45, 2.75) is 62.0 Å². The smallest absolute Gasteiger partial charge is 0.161 e. The molecule has 3 aromatic rings. The number of nitrogens with zero attached hydrogens (tertiary/aromatic N) is 3. The SMILES string of the molecule is CC(=O)c1cnc2c(c1)ncn2Cc1ccc2c(c1)SC(NC1CCCCC1)N2. The van der Waals surface area contributed by atoms with Crippen LogP contribution in [-0.2, 0) is 6.54 Å². The molecule has 0 saturated heterocycles. The first-order valence-electron chi connectivity index (χ1n) is 10.3. The molecule has 1 aliphatic heterocycles. The lowest BCUT2D eigenvalue weighted by atomic mass is 9.96. The van der Waals surface area contributed by atoms with Crippen LogP contribution in [0.25, 0.3) is 11.2 Å². The minimum atomic E-state index is 0.00786. The molecule has 0 amide bonds. The summed E-state index contributed by atoms with van der Waals surface area (Å²) in [5.41, 5.74) is 4.83. The van der Waals surface area contributed by atoms with E-state index in [0.717, 1.165) is 11.2 Å². The third-order valence-electron chi connectivity index (χ3n) is 5.78. The summed E-state index contributed by atoms with van der Waals surface area (Å²) in [6.07, 6.45) is 10.1. The first-order valence-corrected chi connectivity index (χ1v) is 11.2. The first-order chi connectivity index (χ1) is 14.2. The lowest BCUT2D eigenvalue weighted by Gasteiger charge is -2.26. The van der Waals surface area contributed by atoms with Crippen LogP contribution in [0.5, 0.6) is 0 Å². The predicted octanol–water partition coefficient (Wildman–Crippen LogP) is 4.41. The lowest BCUT2D eigenvalue weighted by molar-refractivity contribution is 0.101. The van der Waals surface area contributed by atoms with E-state index in [2.05, 4.69) is 38.8 Å². The quantitative estimate of drug-likeness (QED) is 0.611. The molecule has 1 atom stereocenters. The number of hydrogen-bond donors (Lipinski definition) is 2. The molecule has 150 valence electrons. The molecule has 0 spiro atoms. The van der Waals surface area contributed by atoms with Crippen LogP contribution in [0.4, 0.5) is 5.69 Å². The number of aromatic nitrogens is 3. The summed E-state index contributed by atoms with van der Waals surface area (Å²) in [7, 11) is 0. The van der Waals surface area contributed by atoms with Crippen molar-refractivity contribution in [1.82, 2.24) is 19.9 Å². The van der Waals surface area contributed by atoms with Gasteiger partial charge < -0.3 is 9.88 Å². The molecular formula is C22H25N5OS. The minimum absolute atomic E-state index is 0.00786. The molecule has 1 aliphatic carbocycles. The Morgan fingerprint density at radius 2 is 2.10 bits per heavy atom. The topological polar surface area (TPSA) is 71.8 Å². The van der Waals surface area contributed by atoms with Gasteiger partial charge in [-0.3, -0.25) is 10.1 Å². The van der Waals surface area contributed by atoms with Gasteiger partial charge in [-0.05, 0) is 43.5 Å². The van der Waals surface area contributed by atoms with E-state index in [4.69, 9.17) is 0 Å². The molecule has 2 aromatic heterocycles. The first kappa shape index (κ1) is 18.6. The van der Waals surface area contributed by atoms with Crippen molar-refractivity contribution in [3.8, 4) is 0 Å². The standard InChI is InChI=1S/C22H25N5OS/c1-14(28)16-10-19-21(23-11-16)27(13-24-19)12-15-7-8-18-20(9-15)29-22(26-18)25-17-5-3-2-4-6-17/h7-11,13,17,22,25-26H,2-6,12H2,1H3. The summed E-state index contributed by atoms with van der Waals surface area (Å²) in [6.45, 7) is 2.25. The van der Waals surface area contributed by atoms with Crippen molar-refractivity contribution < 1.29 is 4.79 Å². The van der Waals surface area contributed by atoms with Gasteiger partial charge in [0, 0.05) is 28.4 Å². The van der Waals surface area contributed by atoms with Gasteiger partial charge in [-0.2, -0.15) is 0 Å². The monoisotopic (exact) mass is 407 g/mol. The average molecular weight is 408 g/mol. The third-order valence-corrected chi connectivity index (χ3v) is 6.87. The van der Waals surface area contributed by atoms with E-state index < -0.39 is 0 Å². The Morgan fingerprint density at radius 1 is 1.24 bits per heavy atom. The van der Waals surface area contributed by atoms with Crippen molar-refractivity contribution in [2.24, 2.45) is 0 Å². The number of thioether (sulfide) groups is 1. The Kier molecular flexibility index (Phi) is 5.01. The molecule has 2 aliphatic rings. The third kappa shape index (κ3) is 3.89. The number of benzene rings is 1. The van der Waals surface area contributed by atoms with Crippen molar-refractivity contribution in [3.63, 3.8) is 0 Å². The van der Waals surface area contributed by atoms with Crippen molar-refractivity contribution >= 4 is 34.4 Å². The van der Waals surface area contributed by atoms with Crippen LogP contribution < -0.4 is 10.6 Å². The Balaban J connectivity index is 1.30. The highest BCUT2D eigenvalue weighted by Crippen LogP contribution is 2.38. The summed E-state index contributed by atoms with van der Waals surface area (Å²) in [6, 6.07) is 9.02. The maximum absolute atomic E-state index is 11.6. The van der Waals surface area contributed by atoms with Crippen molar-refractivity contribution in [2.75, 3.05) is 5.32 Å². The Labute approximate surface area is 174 Å². The fraction of sp³-hybridized carbons (Fsp3) is 0.409. The number of anilines is 1. The zero-order chi connectivity index (χ0) is 19.8. The van der Waals surface area contributed by atoms with Gasteiger partial charge in [0.1, 0.15) is 11.0 Å². The largest absolute Gasteiger partial charge is 0.360 e. The molecule has 6 nitrogen and oxygen atoms in total. The second-order valence-corrected chi connectivity index (χ2v) is 9.12. The highest BCUT2D eigenvalue weighted by molar-refractivity contribution is 8.00. The van der Waals surface area contributed by atoms with Gasteiger partial charge in [0.05, 0.1) is 12.9 Å². The second kappa shape index (κ2) is 7.80. The molecular weight excluding hydrogens is 382 g/mol. The number of ketones is 1. The number of nitrogens with one attached hydrogen (secondary N) is 2. The van der Waals surface area contributed by atoms with Gasteiger partial charge in [0.2, 0.25) is 0 Å². The Bertz CT molecular complexity index is 1060. The summed E-state index contributed by atoms with van der Waals surface area (Å²) >= 11 is 1.87. The molecule has 1 unspecified atom stereocenters. The number of Topliss-reactive ketones (excluding diaryl/α,β-unsaturated/α-hetero) is 1. The number of fused-ring (bicyclic) bond motifs is 2. The second-order valence-electron chi connectivity index (χ2n) is 7.97. The molecule has 0 bridgehead atoms. The van der Waals surface area contributed by atoms with E-state index in [-0.39, 0.29) is 11.3 Å². The van der Waals surface area contributed by atoms with Crippen LogP contribution in [0.15, 0.2) is 41.7 Å². The maximum atomic E-state index is 11.6. The molecule has 1 fully saturated rings. The summed E-state index contributed by atoms with van der Waals surface area (Å²) < 4.78 is 2.03. The average Bonchev–Trinajstić information content (AvgIpc) is 3.31. The van der Waals surface area contributed by atoms with Crippen LogP contribution in [0.3, 0.4) is 0 Å². The van der Waals surface area contributed by atoms with E-state index in [1.54, 1.807) is 19.4 Å². The highest BCUT2D eigenvalue weighted by atomic mass is 32.2. The van der Waals surface area contributed by atoms with Crippen LogP contribution in [-0.4, -0.2) is 31.9 Å². The number of imidazole rings is 1. The zero-order valence-corrected chi connectivity index (χ0v) is 17.3. The van der Waals surface area contributed by atoms with E-state index >= 15 is 0 Å². The lowest BCUT2D eigenvalue weighted by Crippen LogP contribution is -2.40. The van der Waals surface area contributed by atoms with Crippen molar-refractivity contribution in [1.29, 1.82) is 0 Å². The molecule has 5 rings (SSSR count). The van der Waals surface area contributed by atoms with Gasteiger partial charge >= 0.3 is 0 Å². The van der Waals surface area contributed by atoms with Gasteiger partial charge in [-0.25, -0.2) is 9.97 Å². The zero-order valence-electron chi connectivity index (χ0n) is 16.5. The summed E-state index contributed by atoms with van der Waals surface area (Å²) in [5, 5.41) is 7.37. The molecule has 29 heavy (non-hydrogen) atoms. The highest BCUT2D eigenvalue weighted by Gasteiger charge is 2.25. The molecule has 1 aromatic carbocycles. The molecule has 7 heteroatoms. The van der Waals surface area contributed by atoms with E-state index in [0.29, 0.717) is 18.2 Å². The van der Waals surface area contributed by atoms with Crippen LogP contribution >= 0.6 is 11.8 Å². The Hall–Kier alpha value is -2.38. The fourth-order valence-electron chi connectivity index (χ4n) is 4.19. The number of hydrogen-bond acceptors (Lipinski definition) is 6. The van der Waals surface area contributed by atoms with Gasteiger partial charge in [-0.1, -0.05) is 37.1 Å². The fourth-order valence-corrected chi connectivity index (χ4v) is 5.37. The number of carbonyl (C=O) groups is 1. The number of rotatable bonds is 5. The van der Waals surface area contributed by atoms with E-state index in [1.165, 1.54) is 48.3 Å². The van der Waals surface area contributed by atoms with Crippen LogP contribution in [0.1, 0.15) is 54.9 Å². The van der Waals surface area contributed by atoms with Crippen LogP contribution in [0.2, 0.25) is 0 Å². The maximum Gasteiger partial charge on any atom is 0.161 e. The van der Waals surface area contributed by atoms with E-state index in [9.17, 15) is 4.79 Å². The van der Waals surface area contributed by atoms with Gasteiger partial charge in [-0.15, -0.1) is 0 Å². The predicted molar refractivity (Wildman–Crippen MR) is 116 cm³/mol. The number of pyridine rings is 1. The number of carbonyl (C=O) groups excluding carboxylic acids is 1. The summed E-state index contributed by atoms with van der Waals surface area (Å²) in [4.78, 5) is 21.7.